The molecule has 1 heterocycles. The summed E-state index contributed by atoms with van der Waals surface area (Å²) in [5.74, 6) is -2.93. The molecule has 5 aromatic rings. The molecular formula is C29H21NO5. The van der Waals surface area contributed by atoms with Gasteiger partial charge in [0, 0.05) is 28.3 Å². The lowest BCUT2D eigenvalue weighted by atomic mass is 9.83. The third-order valence-electron chi connectivity index (χ3n) is 6.18. The van der Waals surface area contributed by atoms with Crippen molar-refractivity contribution in [3.63, 3.8) is 0 Å². The number of nitrogens with two attached hydrogens (primary N) is 1. The van der Waals surface area contributed by atoms with Crippen LogP contribution < -0.4 is 5.73 Å². The fraction of sp³-hybridized carbons (Fsp3) is 0.0690. The second-order valence-electron chi connectivity index (χ2n) is 8.46. The first-order chi connectivity index (χ1) is 16.9. The highest BCUT2D eigenvalue weighted by Gasteiger charge is 2.44. The van der Waals surface area contributed by atoms with Crippen molar-refractivity contribution in [2.45, 2.75) is 12.0 Å². The summed E-state index contributed by atoms with van der Waals surface area (Å²) in [6.45, 7) is 0. The zero-order valence-electron chi connectivity index (χ0n) is 18.6. The lowest BCUT2D eigenvalue weighted by Gasteiger charge is -2.22. The number of fused-ring (bicyclic) bond motifs is 3. The van der Waals surface area contributed by atoms with Crippen molar-refractivity contribution in [1.29, 1.82) is 0 Å². The molecule has 0 saturated heterocycles. The summed E-state index contributed by atoms with van der Waals surface area (Å²) >= 11 is 0. The largest absolute Gasteiger partial charge is 0.480 e. The summed E-state index contributed by atoms with van der Waals surface area (Å²) in [7, 11) is 0. The molecule has 4 aromatic carbocycles. The second-order valence-corrected chi connectivity index (χ2v) is 8.46. The van der Waals surface area contributed by atoms with Crippen LogP contribution in [0.25, 0.3) is 33.1 Å². The van der Waals surface area contributed by atoms with Crippen LogP contribution in [0, 0.1) is 0 Å². The molecule has 0 fully saturated rings. The van der Waals surface area contributed by atoms with Gasteiger partial charge in [0.15, 0.2) is 17.1 Å². The standard InChI is InChI=1S/C29H21NO5/c30-29(28(33)34,27(32)20-12-10-19(11-13-20)18-6-2-1-3-7-18)17-24(31)21-14-15-26-23(16-21)22-8-4-5-9-25(22)35-26/h1-16H,17,30H2,(H,33,34)/t29-/m0/s1. The smallest absolute Gasteiger partial charge is 0.332 e. The summed E-state index contributed by atoms with van der Waals surface area (Å²) in [6, 6.07) is 28.4. The number of ketones is 2. The van der Waals surface area contributed by atoms with Crippen molar-refractivity contribution >= 4 is 39.5 Å². The molecule has 35 heavy (non-hydrogen) atoms. The van der Waals surface area contributed by atoms with Crippen LogP contribution in [0.5, 0.6) is 0 Å². The Balaban J connectivity index is 1.43. The van der Waals surface area contributed by atoms with Gasteiger partial charge < -0.3 is 15.3 Å². The molecule has 1 atom stereocenters. The molecule has 5 rings (SSSR count). The average molecular weight is 463 g/mol. The van der Waals surface area contributed by atoms with Crippen molar-refractivity contribution in [3.05, 3.63) is 108 Å². The van der Waals surface area contributed by atoms with Gasteiger partial charge in [-0.05, 0) is 35.4 Å². The SMILES string of the molecule is N[C@](CC(=O)c1ccc2oc3ccccc3c2c1)(C(=O)O)C(=O)c1ccc(-c2ccccc2)cc1. The van der Waals surface area contributed by atoms with Crippen LogP contribution >= 0.6 is 0 Å². The minimum Gasteiger partial charge on any atom is -0.480 e. The predicted octanol–water partition coefficient (Wildman–Crippen LogP) is 5.49. The zero-order valence-corrected chi connectivity index (χ0v) is 18.6. The molecule has 3 N–H and O–H groups in total. The molecule has 6 heteroatoms. The van der Waals surface area contributed by atoms with Crippen molar-refractivity contribution in [1.82, 2.24) is 0 Å². The first-order valence-electron chi connectivity index (χ1n) is 11.0. The first-order valence-corrected chi connectivity index (χ1v) is 11.0. The lowest BCUT2D eigenvalue weighted by molar-refractivity contribution is -0.141. The summed E-state index contributed by atoms with van der Waals surface area (Å²) in [5.41, 5.74) is 7.19. The van der Waals surface area contributed by atoms with E-state index in [1.807, 2.05) is 54.6 Å². The number of carboxylic acid groups (broad SMARTS) is 1. The van der Waals surface area contributed by atoms with E-state index in [9.17, 15) is 19.5 Å². The van der Waals surface area contributed by atoms with Crippen LogP contribution in [-0.4, -0.2) is 28.2 Å². The number of carbonyl (C=O) groups is 3. The summed E-state index contributed by atoms with van der Waals surface area (Å²) in [5, 5.41) is 11.4. The molecule has 1 aromatic heterocycles. The summed E-state index contributed by atoms with van der Waals surface area (Å²) in [6.07, 6.45) is -0.678. The van der Waals surface area contributed by atoms with Crippen molar-refractivity contribution in [3.8, 4) is 11.1 Å². The Morgan fingerprint density at radius 2 is 1.31 bits per heavy atom. The number of para-hydroxylation sites is 1. The Hall–Kier alpha value is -4.55. The number of hydrogen-bond donors (Lipinski definition) is 2. The highest BCUT2D eigenvalue weighted by atomic mass is 16.4. The number of aliphatic carboxylic acids is 1. The van der Waals surface area contributed by atoms with E-state index in [0.29, 0.717) is 11.2 Å². The molecular weight excluding hydrogens is 442 g/mol. The number of Topliss-reactive ketones (excluding diaryl/α,β-unsaturated/α-hetero) is 2. The van der Waals surface area contributed by atoms with Crippen molar-refractivity contribution < 1.29 is 23.9 Å². The van der Waals surface area contributed by atoms with E-state index in [0.717, 1.165) is 21.9 Å². The van der Waals surface area contributed by atoms with Crippen LogP contribution in [-0.2, 0) is 4.79 Å². The van der Waals surface area contributed by atoms with Gasteiger partial charge in [0.05, 0.1) is 0 Å². The summed E-state index contributed by atoms with van der Waals surface area (Å²) < 4.78 is 5.78. The Kier molecular flexibility index (Phi) is 5.51. The Labute approximate surface area is 200 Å². The number of carboxylic acids is 1. The molecule has 172 valence electrons. The Bertz CT molecular complexity index is 1580. The van der Waals surface area contributed by atoms with E-state index in [2.05, 4.69) is 0 Å². The van der Waals surface area contributed by atoms with Gasteiger partial charge >= 0.3 is 5.97 Å². The minimum atomic E-state index is -2.40. The van der Waals surface area contributed by atoms with Gasteiger partial charge in [0.2, 0.25) is 0 Å². The van der Waals surface area contributed by atoms with E-state index in [-0.39, 0.29) is 11.1 Å². The van der Waals surface area contributed by atoms with Gasteiger partial charge in [-0.1, -0.05) is 72.8 Å². The van der Waals surface area contributed by atoms with Crippen LogP contribution in [0.3, 0.4) is 0 Å². The maximum Gasteiger partial charge on any atom is 0.332 e. The maximum atomic E-state index is 13.2. The van der Waals surface area contributed by atoms with Gasteiger partial charge in [-0.25, -0.2) is 4.79 Å². The highest BCUT2D eigenvalue weighted by Crippen LogP contribution is 2.30. The van der Waals surface area contributed by atoms with Crippen LogP contribution in [0.1, 0.15) is 27.1 Å². The molecule has 0 amide bonds. The quantitative estimate of drug-likeness (QED) is 0.244. The minimum absolute atomic E-state index is 0.124. The van der Waals surface area contributed by atoms with Gasteiger partial charge in [0.25, 0.3) is 0 Å². The molecule has 6 nitrogen and oxygen atoms in total. The van der Waals surface area contributed by atoms with Gasteiger partial charge in [-0.3, -0.25) is 9.59 Å². The number of rotatable bonds is 7. The van der Waals surface area contributed by atoms with Gasteiger partial charge in [0.1, 0.15) is 11.2 Å². The van der Waals surface area contributed by atoms with Gasteiger partial charge in [-0.2, -0.15) is 0 Å². The monoisotopic (exact) mass is 463 g/mol. The third-order valence-corrected chi connectivity index (χ3v) is 6.18. The molecule has 0 aliphatic rings. The van der Waals surface area contributed by atoms with Crippen LogP contribution in [0.2, 0.25) is 0 Å². The third kappa shape index (κ3) is 4.00. The first kappa shape index (κ1) is 22.3. The molecule has 0 saturated carbocycles. The molecule has 0 aliphatic heterocycles. The number of carbonyl (C=O) groups excluding carboxylic acids is 2. The second kappa shape index (κ2) is 8.66. The van der Waals surface area contributed by atoms with Crippen LogP contribution in [0.4, 0.5) is 0 Å². The lowest BCUT2D eigenvalue weighted by Crippen LogP contribution is -2.56. The number of furan rings is 1. The van der Waals surface area contributed by atoms with E-state index in [4.69, 9.17) is 10.2 Å². The van der Waals surface area contributed by atoms with E-state index in [1.54, 1.807) is 30.3 Å². The van der Waals surface area contributed by atoms with E-state index < -0.39 is 29.5 Å². The van der Waals surface area contributed by atoms with Crippen LogP contribution in [0.15, 0.2) is 101 Å². The molecule has 0 radical (unpaired) electrons. The molecule has 0 spiro atoms. The Morgan fingerprint density at radius 1 is 0.714 bits per heavy atom. The normalized spacial score (nSPS) is 12.9. The molecule has 0 unspecified atom stereocenters. The molecule has 0 aliphatic carbocycles. The van der Waals surface area contributed by atoms with Crippen molar-refractivity contribution in [2.24, 2.45) is 5.73 Å². The fourth-order valence-electron chi connectivity index (χ4n) is 4.21. The fourth-order valence-corrected chi connectivity index (χ4v) is 4.21. The molecule has 0 bridgehead atoms. The topological polar surface area (TPSA) is 111 Å². The summed E-state index contributed by atoms with van der Waals surface area (Å²) in [4.78, 5) is 38.4. The average Bonchev–Trinajstić information content (AvgIpc) is 3.26. The number of hydrogen-bond acceptors (Lipinski definition) is 5. The van der Waals surface area contributed by atoms with Crippen molar-refractivity contribution in [2.75, 3.05) is 0 Å². The van der Waals surface area contributed by atoms with Gasteiger partial charge in [-0.15, -0.1) is 0 Å². The van der Waals surface area contributed by atoms with E-state index >= 15 is 0 Å². The Morgan fingerprint density at radius 3 is 2.03 bits per heavy atom. The maximum absolute atomic E-state index is 13.2. The highest BCUT2D eigenvalue weighted by molar-refractivity contribution is 6.19. The predicted molar refractivity (Wildman–Crippen MR) is 133 cm³/mol. The zero-order chi connectivity index (χ0) is 24.6. The van der Waals surface area contributed by atoms with E-state index in [1.165, 1.54) is 12.1 Å². The number of benzene rings is 4.